The van der Waals surface area contributed by atoms with Crippen LogP contribution in [0.5, 0.6) is 0 Å². The normalized spacial score (nSPS) is 12.1. The summed E-state index contributed by atoms with van der Waals surface area (Å²) in [6.45, 7) is 2.01. The van der Waals surface area contributed by atoms with Gasteiger partial charge in [0, 0.05) is 0 Å². The summed E-state index contributed by atoms with van der Waals surface area (Å²) in [7, 11) is 0. The number of allylic oxidation sites excluding steroid dienone is 2. The zero-order valence-corrected chi connectivity index (χ0v) is 15.0. The molecule has 2 aromatic heterocycles. The van der Waals surface area contributed by atoms with Gasteiger partial charge in [0.1, 0.15) is 0 Å². The summed E-state index contributed by atoms with van der Waals surface area (Å²) in [5.74, 6) is 0. The molecule has 22 heavy (non-hydrogen) atoms. The summed E-state index contributed by atoms with van der Waals surface area (Å²) in [6, 6.07) is 12.0. The van der Waals surface area contributed by atoms with Crippen LogP contribution in [-0.2, 0) is 19.4 Å². The summed E-state index contributed by atoms with van der Waals surface area (Å²) in [4.78, 5) is 8.76. The first-order valence-electron chi connectivity index (χ1n) is 6.87. The van der Waals surface area contributed by atoms with Crippen LogP contribution in [0.3, 0.4) is 0 Å². The first-order chi connectivity index (χ1) is 10.8. The Morgan fingerprint density at radius 2 is 2.05 bits per heavy atom. The number of aliphatic imine (C=N–C) groups is 1. The molecule has 5 heteroatoms. The van der Waals surface area contributed by atoms with Crippen LogP contribution in [0.1, 0.15) is 12.5 Å². The number of para-hydroxylation sites is 1. The van der Waals surface area contributed by atoms with Gasteiger partial charge in [-0.15, -0.1) is 0 Å². The van der Waals surface area contributed by atoms with E-state index < -0.39 is 0 Å². The number of rotatable bonds is 4. The number of aromatic nitrogens is 3. The van der Waals surface area contributed by atoms with Crippen LogP contribution < -0.4 is 0 Å². The Morgan fingerprint density at radius 1 is 1.23 bits per heavy atom. The van der Waals surface area contributed by atoms with Gasteiger partial charge in [0.25, 0.3) is 0 Å². The topological polar surface area (TPSA) is 43.1 Å². The molecule has 3 aromatic rings. The number of hydrogen-bond donors (Lipinski definition) is 0. The van der Waals surface area contributed by atoms with Crippen molar-refractivity contribution in [3.05, 3.63) is 60.4 Å². The molecular formula is C17H14N4W. The Kier molecular flexibility index (Phi) is 4.50. The fourth-order valence-electron chi connectivity index (χ4n) is 2.35. The molecule has 0 N–H and O–H groups in total. The molecule has 0 radical (unpaired) electrons. The molecule has 0 aliphatic rings. The summed E-state index contributed by atoms with van der Waals surface area (Å²) in [5, 5.41) is 5.52. The second kappa shape index (κ2) is 6.71. The molecule has 108 valence electrons. The molecule has 0 spiro atoms. The molecule has 0 aliphatic carbocycles. The number of benzene rings is 1. The standard InChI is InChI=1S/C17H14N4.W/c1-3-13(11-18-2)15-9-10-19-17-16(15)12-20-21(17)14-7-5-4-6-8-14;/h2-12H,1H3;. The maximum absolute atomic E-state index is 4.50. The quantitative estimate of drug-likeness (QED) is 0.564. The maximum atomic E-state index is 4.50. The van der Waals surface area contributed by atoms with Crippen molar-refractivity contribution in [1.29, 1.82) is 0 Å². The summed E-state index contributed by atoms with van der Waals surface area (Å²) in [6.07, 6.45) is 7.61. The number of fused-ring (bicyclic) bond motifs is 1. The number of pyridine rings is 1. The van der Waals surface area contributed by atoms with Crippen molar-refractivity contribution in [2.75, 3.05) is 0 Å². The van der Waals surface area contributed by atoms with Crippen LogP contribution in [0.4, 0.5) is 0 Å². The van der Waals surface area contributed by atoms with Crippen LogP contribution in [0.2, 0.25) is 0 Å². The van der Waals surface area contributed by atoms with E-state index in [9.17, 15) is 0 Å². The Morgan fingerprint density at radius 3 is 2.77 bits per heavy atom. The summed E-state index contributed by atoms with van der Waals surface area (Å²) >= 11 is 1.33. The van der Waals surface area contributed by atoms with Crippen LogP contribution in [0, 0.1) is 0 Å². The molecule has 0 atom stereocenters. The third-order valence-corrected chi connectivity index (χ3v) is 3.81. The van der Waals surface area contributed by atoms with E-state index in [4.69, 9.17) is 0 Å². The molecule has 0 aliphatic heterocycles. The fraction of sp³-hybridized carbons (Fsp3) is 0.0588. The van der Waals surface area contributed by atoms with Crippen molar-refractivity contribution in [3.8, 4) is 5.69 Å². The summed E-state index contributed by atoms with van der Waals surface area (Å²) in [5.41, 5.74) is 4.01. The van der Waals surface area contributed by atoms with E-state index in [2.05, 4.69) is 21.2 Å². The molecule has 1 aromatic carbocycles. The van der Waals surface area contributed by atoms with Crippen molar-refractivity contribution in [3.63, 3.8) is 0 Å². The van der Waals surface area contributed by atoms with Crippen molar-refractivity contribution >= 4 is 27.3 Å². The van der Waals surface area contributed by atoms with Crippen molar-refractivity contribution in [1.82, 2.24) is 14.8 Å². The Bertz CT molecular complexity index is 863. The van der Waals surface area contributed by atoms with Gasteiger partial charge in [-0.3, -0.25) is 0 Å². The van der Waals surface area contributed by atoms with E-state index in [0.717, 1.165) is 27.9 Å². The van der Waals surface area contributed by atoms with Gasteiger partial charge in [0.2, 0.25) is 0 Å². The molecule has 0 saturated carbocycles. The molecule has 4 nitrogen and oxygen atoms in total. The van der Waals surface area contributed by atoms with Crippen LogP contribution in [0.15, 0.2) is 59.9 Å². The molecule has 0 saturated heterocycles. The zero-order chi connectivity index (χ0) is 15.4. The molecule has 3 rings (SSSR count). The third kappa shape index (κ3) is 2.75. The monoisotopic (exact) mass is 458 g/mol. The van der Waals surface area contributed by atoms with E-state index in [1.807, 2.05) is 71.1 Å². The Hall–Kier alpha value is -2.19. The minimum atomic E-state index is 0.850. The molecule has 0 fully saturated rings. The molecule has 0 bridgehead atoms. The Labute approximate surface area is 139 Å². The van der Waals surface area contributed by atoms with Crippen LogP contribution >= 0.6 is 0 Å². The van der Waals surface area contributed by atoms with Crippen LogP contribution in [-0.4, -0.2) is 25.5 Å². The average Bonchev–Trinajstić information content (AvgIpc) is 3.01. The predicted molar refractivity (Wildman–Crippen MR) is 87.1 cm³/mol. The van der Waals surface area contributed by atoms with E-state index in [-0.39, 0.29) is 0 Å². The van der Waals surface area contributed by atoms with Gasteiger partial charge in [-0.05, 0) is 0 Å². The van der Waals surface area contributed by atoms with Crippen LogP contribution in [0.25, 0.3) is 22.3 Å². The van der Waals surface area contributed by atoms with Gasteiger partial charge in [-0.25, -0.2) is 0 Å². The Balaban J connectivity index is 2.18. The van der Waals surface area contributed by atoms with Gasteiger partial charge in [0.05, 0.1) is 0 Å². The van der Waals surface area contributed by atoms with Gasteiger partial charge >= 0.3 is 139 Å². The van der Waals surface area contributed by atoms with Crippen molar-refractivity contribution < 1.29 is 19.4 Å². The van der Waals surface area contributed by atoms with Gasteiger partial charge < -0.3 is 0 Å². The first-order valence-corrected chi connectivity index (χ1v) is 8.56. The number of nitrogens with zero attached hydrogens (tertiary/aromatic N) is 4. The summed E-state index contributed by atoms with van der Waals surface area (Å²) < 4.78 is 3.72. The average molecular weight is 458 g/mol. The minimum absolute atomic E-state index is 0.850. The van der Waals surface area contributed by atoms with E-state index in [0.29, 0.717) is 0 Å². The van der Waals surface area contributed by atoms with Gasteiger partial charge in [0.15, 0.2) is 0 Å². The van der Waals surface area contributed by atoms with Gasteiger partial charge in [-0.1, -0.05) is 0 Å². The van der Waals surface area contributed by atoms with Crippen molar-refractivity contribution in [2.24, 2.45) is 4.99 Å². The van der Waals surface area contributed by atoms with Gasteiger partial charge in [-0.2, -0.15) is 0 Å². The second-order valence-corrected chi connectivity index (χ2v) is 5.37. The molecular weight excluding hydrogens is 444 g/mol. The SMILES string of the molecule is CC=C(C=N[CH]=[W])c1ccnc2c1cnn2-c1ccccc1. The second-order valence-electron chi connectivity index (χ2n) is 4.62. The van der Waals surface area contributed by atoms with Crippen molar-refractivity contribution in [2.45, 2.75) is 6.92 Å². The molecule has 2 heterocycles. The molecule has 0 unspecified atom stereocenters. The number of hydrogen-bond acceptors (Lipinski definition) is 3. The fourth-order valence-corrected chi connectivity index (χ4v) is 2.57. The van der Waals surface area contributed by atoms with E-state index in [1.54, 1.807) is 0 Å². The first kappa shape index (κ1) is 14.7. The van der Waals surface area contributed by atoms with E-state index >= 15 is 0 Å². The zero-order valence-electron chi connectivity index (χ0n) is 12.0. The predicted octanol–water partition coefficient (Wildman–Crippen LogP) is 3.20. The third-order valence-electron chi connectivity index (χ3n) is 3.37. The van der Waals surface area contributed by atoms with E-state index in [1.165, 1.54) is 19.4 Å². The molecule has 0 amide bonds.